The van der Waals surface area contributed by atoms with Crippen LogP contribution >= 0.6 is 0 Å². The highest BCUT2D eigenvalue weighted by Gasteiger charge is 2.14. The molecule has 1 heterocycles. The maximum absolute atomic E-state index is 12.8. The fraction of sp³-hybridized carbons (Fsp3) is 0.0741. The first kappa shape index (κ1) is 22.5. The Hall–Kier alpha value is -4.65. The van der Waals surface area contributed by atoms with Crippen molar-refractivity contribution in [1.82, 2.24) is 9.99 Å². The zero-order chi connectivity index (χ0) is 23.9. The van der Waals surface area contributed by atoms with Crippen molar-refractivity contribution in [2.75, 3.05) is 7.11 Å². The van der Waals surface area contributed by atoms with Crippen molar-refractivity contribution in [3.63, 3.8) is 0 Å². The number of aromatic nitrogens is 1. The summed E-state index contributed by atoms with van der Waals surface area (Å²) in [4.78, 5) is 25.2. The lowest BCUT2D eigenvalue weighted by Gasteiger charge is -2.10. The number of ether oxygens (including phenoxy) is 2. The maximum Gasteiger partial charge on any atom is 0.347 e. The van der Waals surface area contributed by atoms with Crippen molar-refractivity contribution in [3.8, 4) is 17.2 Å². The van der Waals surface area contributed by atoms with Gasteiger partial charge in [0, 0.05) is 12.4 Å². The Bertz CT molecular complexity index is 1330. The van der Waals surface area contributed by atoms with E-state index in [1.165, 1.54) is 7.11 Å². The largest absolute Gasteiger partial charge is 0.496 e. The number of hydrogen-bond acceptors (Lipinski definition) is 5. The van der Waals surface area contributed by atoms with Crippen molar-refractivity contribution >= 4 is 17.6 Å². The lowest BCUT2D eigenvalue weighted by molar-refractivity contribution is 0.0731. The highest BCUT2D eigenvalue weighted by Crippen LogP contribution is 2.21. The molecule has 0 saturated heterocycles. The molecule has 7 heteroatoms. The second-order valence-electron chi connectivity index (χ2n) is 7.36. The third-order valence-corrected chi connectivity index (χ3v) is 5.17. The van der Waals surface area contributed by atoms with Gasteiger partial charge in [-0.2, -0.15) is 5.10 Å². The molecule has 4 rings (SSSR count). The second-order valence-corrected chi connectivity index (χ2v) is 7.36. The molecule has 1 amide bonds. The first-order chi connectivity index (χ1) is 16.6. The molecule has 0 spiro atoms. The molecule has 0 aliphatic heterocycles. The van der Waals surface area contributed by atoms with E-state index in [2.05, 4.69) is 10.5 Å². The molecule has 0 unspecified atom stereocenters. The first-order valence-corrected chi connectivity index (χ1v) is 10.6. The molecule has 3 aromatic carbocycles. The SMILES string of the molecule is COc1ccccc1C(=O)Oc1ccc(/C(C)=N/NC(=O)c2ccccc2-n2cccc2)cc1. The van der Waals surface area contributed by atoms with Crippen LogP contribution in [0.3, 0.4) is 0 Å². The molecule has 0 aliphatic rings. The van der Waals surface area contributed by atoms with Crippen LogP contribution in [-0.4, -0.2) is 29.3 Å². The van der Waals surface area contributed by atoms with Crippen LogP contribution in [0.5, 0.6) is 11.5 Å². The van der Waals surface area contributed by atoms with Gasteiger partial charge in [0.1, 0.15) is 17.1 Å². The average molecular weight is 453 g/mol. The molecule has 34 heavy (non-hydrogen) atoms. The minimum Gasteiger partial charge on any atom is -0.496 e. The predicted molar refractivity (Wildman–Crippen MR) is 130 cm³/mol. The fourth-order valence-electron chi connectivity index (χ4n) is 3.38. The minimum absolute atomic E-state index is 0.314. The third kappa shape index (κ3) is 5.05. The number of carbonyl (C=O) groups is 2. The lowest BCUT2D eigenvalue weighted by Crippen LogP contribution is -2.21. The number of rotatable bonds is 7. The van der Waals surface area contributed by atoms with Crippen molar-refractivity contribution < 1.29 is 19.1 Å². The van der Waals surface area contributed by atoms with Gasteiger partial charge in [-0.3, -0.25) is 4.79 Å². The van der Waals surface area contributed by atoms with Gasteiger partial charge in [0.15, 0.2) is 0 Å². The number of nitrogens with one attached hydrogen (secondary N) is 1. The molecule has 170 valence electrons. The average Bonchev–Trinajstić information content (AvgIpc) is 3.42. The van der Waals surface area contributed by atoms with E-state index in [-0.39, 0.29) is 5.91 Å². The van der Waals surface area contributed by atoms with Crippen LogP contribution in [-0.2, 0) is 0 Å². The van der Waals surface area contributed by atoms with Crippen LogP contribution in [0.1, 0.15) is 33.2 Å². The standard InChI is InChI=1S/C27H23N3O4/c1-19(28-29-26(31)22-9-3-5-11-24(22)30-17-7-8-18-30)20-13-15-21(16-14-20)34-27(32)23-10-4-6-12-25(23)33-2/h3-18H,1-2H3,(H,29,31)/b28-19+. The van der Waals surface area contributed by atoms with Gasteiger partial charge in [-0.1, -0.05) is 24.3 Å². The molecule has 0 radical (unpaired) electrons. The monoisotopic (exact) mass is 453 g/mol. The van der Waals surface area contributed by atoms with E-state index in [0.29, 0.717) is 28.3 Å². The molecular weight excluding hydrogens is 430 g/mol. The van der Waals surface area contributed by atoms with Gasteiger partial charge in [0.25, 0.3) is 5.91 Å². The molecule has 0 atom stereocenters. The summed E-state index contributed by atoms with van der Waals surface area (Å²) in [6, 6.07) is 24.8. The zero-order valence-corrected chi connectivity index (χ0v) is 18.8. The van der Waals surface area contributed by atoms with Gasteiger partial charge >= 0.3 is 5.97 Å². The van der Waals surface area contributed by atoms with E-state index in [9.17, 15) is 9.59 Å². The summed E-state index contributed by atoms with van der Waals surface area (Å²) in [5.74, 6) is 0.00792. The van der Waals surface area contributed by atoms with Crippen LogP contribution in [0, 0.1) is 0 Å². The molecular formula is C27H23N3O4. The summed E-state index contributed by atoms with van der Waals surface area (Å²) in [5.41, 5.74) is 5.61. The van der Waals surface area contributed by atoms with E-state index < -0.39 is 5.97 Å². The maximum atomic E-state index is 12.8. The van der Waals surface area contributed by atoms with E-state index in [1.54, 1.807) is 61.5 Å². The summed E-state index contributed by atoms with van der Waals surface area (Å²) in [7, 11) is 1.50. The summed E-state index contributed by atoms with van der Waals surface area (Å²) in [6.07, 6.45) is 3.76. The molecule has 1 aromatic heterocycles. The van der Waals surface area contributed by atoms with Crippen molar-refractivity contribution in [2.24, 2.45) is 5.10 Å². The number of hydrogen-bond donors (Lipinski definition) is 1. The molecule has 1 N–H and O–H groups in total. The Balaban J connectivity index is 1.43. The fourth-order valence-corrected chi connectivity index (χ4v) is 3.38. The Morgan fingerprint density at radius 2 is 1.47 bits per heavy atom. The number of nitrogens with zero attached hydrogens (tertiary/aromatic N) is 2. The van der Waals surface area contributed by atoms with Crippen LogP contribution < -0.4 is 14.9 Å². The molecule has 0 saturated carbocycles. The number of amides is 1. The van der Waals surface area contributed by atoms with Crippen LogP contribution in [0.15, 0.2) is 102 Å². The number of methoxy groups -OCH3 is 1. The number of para-hydroxylation sites is 2. The van der Waals surface area contributed by atoms with E-state index in [1.807, 2.05) is 47.3 Å². The quantitative estimate of drug-likeness (QED) is 0.188. The van der Waals surface area contributed by atoms with Gasteiger partial charge in [-0.05, 0) is 73.2 Å². The van der Waals surface area contributed by atoms with Gasteiger partial charge in [0.2, 0.25) is 0 Å². The normalized spacial score (nSPS) is 11.1. The summed E-state index contributed by atoms with van der Waals surface area (Å²) in [5, 5.41) is 4.24. The highest BCUT2D eigenvalue weighted by atomic mass is 16.5. The first-order valence-electron chi connectivity index (χ1n) is 10.6. The molecule has 0 fully saturated rings. The van der Waals surface area contributed by atoms with Crippen LogP contribution in [0.4, 0.5) is 0 Å². The Morgan fingerprint density at radius 3 is 2.18 bits per heavy atom. The van der Waals surface area contributed by atoms with Crippen LogP contribution in [0.25, 0.3) is 5.69 Å². The van der Waals surface area contributed by atoms with Crippen molar-refractivity contribution in [2.45, 2.75) is 6.92 Å². The van der Waals surface area contributed by atoms with Crippen molar-refractivity contribution in [3.05, 3.63) is 114 Å². The summed E-state index contributed by atoms with van der Waals surface area (Å²) in [6.45, 7) is 1.79. The lowest BCUT2D eigenvalue weighted by atomic mass is 10.1. The Morgan fingerprint density at radius 1 is 0.824 bits per heavy atom. The molecule has 0 bridgehead atoms. The number of carbonyl (C=O) groups excluding carboxylic acids is 2. The van der Waals surface area contributed by atoms with Gasteiger partial charge in [-0.15, -0.1) is 0 Å². The van der Waals surface area contributed by atoms with E-state index in [4.69, 9.17) is 9.47 Å². The van der Waals surface area contributed by atoms with Crippen molar-refractivity contribution in [1.29, 1.82) is 0 Å². The van der Waals surface area contributed by atoms with Crippen LogP contribution in [0.2, 0.25) is 0 Å². The smallest absolute Gasteiger partial charge is 0.347 e. The van der Waals surface area contributed by atoms with E-state index in [0.717, 1.165) is 11.3 Å². The second kappa shape index (κ2) is 10.3. The number of esters is 1. The third-order valence-electron chi connectivity index (χ3n) is 5.17. The highest BCUT2D eigenvalue weighted by molar-refractivity contribution is 6.02. The van der Waals surface area contributed by atoms with Gasteiger partial charge in [0.05, 0.1) is 24.1 Å². The predicted octanol–water partition coefficient (Wildman–Crippen LogP) is 4.86. The van der Waals surface area contributed by atoms with Gasteiger partial charge < -0.3 is 14.0 Å². The molecule has 7 nitrogen and oxygen atoms in total. The molecule has 0 aliphatic carbocycles. The van der Waals surface area contributed by atoms with E-state index >= 15 is 0 Å². The number of benzene rings is 3. The Kier molecular flexibility index (Phi) is 6.84. The zero-order valence-electron chi connectivity index (χ0n) is 18.8. The topological polar surface area (TPSA) is 81.9 Å². The summed E-state index contributed by atoms with van der Waals surface area (Å²) < 4.78 is 12.5. The Labute approximate surface area is 197 Å². The molecule has 4 aromatic rings. The minimum atomic E-state index is -0.510. The van der Waals surface area contributed by atoms with Gasteiger partial charge in [-0.25, -0.2) is 10.2 Å². The summed E-state index contributed by atoms with van der Waals surface area (Å²) >= 11 is 0. The number of hydrazone groups is 1.